The average molecular weight is 432 g/mol. The lowest BCUT2D eigenvalue weighted by molar-refractivity contribution is -0.122. The summed E-state index contributed by atoms with van der Waals surface area (Å²) in [6, 6.07) is 13.3. The van der Waals surface area contributed by atoms with Crippen molar-refractivity contribution in [2.75, 3.05) is 0 Å². The predicted octanol–water partition coefficient (Wildman–Crippen LogP) is 5.87. The fourth-order valence-electron chi connectivity index (χ4n) is 4.31. The summed E-state index contributed by atoms with van der Waals surface area (Å²) < 4.78 is 2.04. The first-order chi connectivity index (χ1) is 15.2. The molecule has 1 amide bonds. The van der Waals surface area contributed by atoms with Crippen LogP contribution in [0.3, 0.4) is 0 Å². The molecular weight excluding hydrogens is 398 g/mol. The van der Waals surface area contributed by atoms with Gasteiger partial charge in [-0.3, -0.25) is 4.79 Å². The minimum atomic E-state index is -0.340. The fourth-order valence-corrected chi connectivity index (χ4v) is 4.31. The smallest absolute Gasteiger partial charge is 0.227 e. The van der Waals surface area contributed by atoms with Crippen molar-refractivity contribution in [1.29, 1.82) is 0 Å². The van der Waals surface area contributed by atoms with Gasteiger partial charge in [-0.05, 0) is 67.1 Å². The van der Waals surface area contributed by atoms with Crippen molar-refractivity contribution < 1.29 is 9.90 Å². The molecule has 0 aliphatic heterocycles. The van der Waals surface area contributed by atoms with Crippen LogP contribution in [0.4, 0.5) is 0 Å². The molecule has 1 aliphatic rings. The molecule has 0 radical (unpaired) electrons. The second-order valence-electron chi connectivity index (χ2n) is 9.82. The Balaban J connectivity index is 1.57. The molecule has 32 heavy (non-hydrogen) atoms. The van der Waals surface area contributed by atoms with Crippen LogP contribution >= 0.6 is 0 Å². The first-order valence-corrected chi connectivity index (χ1v) is 11.5. The number of allylic oxidation sites excluding steroid dienone is 2. The highest BCUT2D eigenvalue weighted by Crippen LogP contribution is 2.30. The van der Waals surface area contributed by atoms with Crippen LogP contribution in [-0.4, -0.2) is 20.8 Å². The summed E-state index contributed by atoms with van der Waals surface area (Å²) in [7, 11) is 0. The molecule has 5 nitrogen and oxygen atoms in total. The number of benzene rings is 2. The van der Waals surface area contributed by atoms with Crippen LogP contribution in [0.15, 0.2) is 48.5 Å². The van der Waals surface area contributed by atoms with Gasteiger partial charge in [0.05, 0.1) is 23.9 Å². The average Bonchev–Trinajstić information content (AvgIpc) is 3.22. The van der Waals surface area contributed by atoms with Crippen molar-refractivity contribution in [3.05, 3.63) is 65.5 Å². The molecule has 2 aromatic carbocycles. The van der Waals surface area contributed by atoms with Gasteiger partial charge < -0.3 is 10.4 Å². The molecule has 0 spiro atoms. The molecule has 0 saturated heterocycles. The topological polar surface area (TPSA) is 67.2 Å². The summed E-state index contributed by atoms with van der Waals surface area (Å²) in [6.07, 6.45) is 6.77. The Morgan fingerprint density at radius 3 is 2.72 bits per heavy atom. The van der Waals surface area contributed by atoms with Crippen molar-refractivity contribution in [2.24, 2.45) is 0 Å². The number of hydrogen-bond acceptors (Lipinski definition) is 3. The van der Waals surface area contributed by atoms with Crippen LogP contribution in [-0.2, 0) is 16.8 Å². The molecule has 168 valence electrons. The largest absolute Gasteiger partial charge is 0.508 e. The Hall–Kier alpha value is -3.08. The zero-order chi connectivity index (χ0) is 22.9. The molecule has 5 heteroatoms. The molecule has 4 rings (SSSR count). The maximum atomic E-state index is 13.1. The number of carbonyl (C=O) groups is 1. The van der Waals surface area contributed by atoms with Gasteiger partial charge in [0.15, 0.2) is 0 Å². The number of fused-ring (bicyclic) bond motifs is 1. The van der Waals surface area contributed by atoms with Crippen LogP contribution in [0.2, 0.25) is 0 Å². The van der Waals surface area contributed by atoms with Crippen molar-refractivity contribution in [3.63, 3.8) is 0 Å². The first kappa shape index (κ1) is 22.1. The van der Waals surface area contributed by atoms with E-state index in [2.05, 4.69) is 38.2 Å². The van der Waals surface area contributed by atoms with Crippen LogP contribution in [0, 0.1) is 0 Å². The number of aromatic hydroxyl groups is 1. The van der Waals surface area contributed by atoms with E-state index in [1.54, 1.807) is 12.1 Å². The van der Waals surface area contributed by atoms with Crippen LogP contribution in [0.5, 0.6) is 5.75 Å². The lowest BCUT2D eigenvalue weighted by Gasteiger charge is -2.18. The Kier molecular flexibility index (Phi) is 6.09. The number of hydrogen-bond donors (Lipinski definition) is 2. The van der Waals surface area contributed by atoms with Crippen molar-refractivity contribution in [3.8, 4) is 5.75 Å². The van der Waals surface area contributed by atoms with E-state index in [9.17, 15) is 9.90 Å². The van der Waals surface area contributed by atoms with Crippen molar-refractivity contribution in [1.82, 2.24) is 15.1 Å². The summed E-state index contributed by atoms with van der Waals surface area (Å²) in [5, 5.41) is 19.9. The van der Waals surface area contributed by atoms with Crippen molar-refractivity contribution >= 4 is 22.4 Å². The van der Waals surface area contributed by atoms with Crippen LogP contribution < -0.4 is 5.32 Å². The predicted molar refractivity (Wildman–Crippen MR) is 130 cm³/mol. The molecule has 0 fully saturated rings. The molecule has 1 atom stereocenters. The first-order valence-electron chi connectivity index (χ1n) is 11.5. The molecule has 3 aromatic rings. The number of nitrogens with one attached hydrogen (secondary N) is 1. The number of carbonyl (C=O) groups excluding carboxylic acids is 1. The highest BCUT2D eigenvalue weighted by molar-refractivity contribution is 5.93. The number of phenols is 1. The van der Waals surface area contributed by atoms with E-state index < -0.39 is 0 Å². The maximum absolute atomic E-state index is 13.1. The van der Waals surface area contributed by atoms with E-state index in [4.69, 9.17) is 5.10 Å². The summed E-state index contributed by atoms with van der Waals surface area (Å²) in [5.74, 6) is -0.173. The highest BCUT2D eigenvalue weighted by Gasteiger charge is 2.23. The second-order valence-corrected chi connectivity index (χ2v) is 9.82. The minimum Gasteiger partial charge on any atom is -0.508 e. The van der Waals surface area contributed by atoms with Crippen LogP contribution in [0.1, 0.15) is 76.2 Å². The fraction of sp³-hybridized carbons (Fsp3) is 0.407. The van der Waals surface area contributed by atoms with Crippen molar-refractivity contribution in [2.45, 2.75) is 71.3 Å². The summed E-state index contributed by atoms with van der Waals surface area (Å²) in [5.41, 5.74) is 4.13. The summed E-state index contributed by atoms with van der Waals surface area (Å²) >= 11 is 0. The standard InChI is InChI=1S/C27H33N3O2/c1-18(23-12-8-9-19-13-14-22(31)16-24(19)23)26(32)28-17-21-15-25(27(2,3)4)29-30(21)20-10-6-5-7-11-20/h8-10,12-16,18,31H,5-7,11,17H2,1-4H3,(H,28,32). The lowest BCUT2D eigenvalue weighted by Crippen LogP contribution is -2.28. The number of aromatic nitrogens is 2. The van der Waals surface area contributed by atoms with Gasteiger partial charge in [0.25, 0.3) is 0 Å². The van der Waals surface area contributed by atoms with Gasteiger partial charge in [-0.1, -0.05) is 51.1 Å². The number of nitrogens with zero attached hydrogens (tertiary/aromatic N) is 2. The third-order valence-electron chi connectivity index (χ3n) is 6.29. The molecule has 1 aromatic heterocycles. The van der Waals surface area contributed by atoms with E-state index in [-0.39, 0.29) is 23.0 Å². The SMILES string of the molecule is CC(C(=O)NCc1cc(C(C)(C)C)nn1C1=CCCCC1)c1cccc2ccc(O)cc12. The van der Waals surface area contributed by atoms with Gasteiger partial charge in [0.2, 0.25) is 5.91 Å². The van der Waals surface area contributed by atoms with Gasteiger partial charge in [-0.25, -0.2) is 4.68 Å². The Morgan fingerprint density at radius 1 is 1.19 bits per heavy atom. The van der Waals surface area contributed by atoms with Gasteiger partial charge in [-0.2, -0.15) is 5.10 Å². The third-order valence-corrected chi connectivity index (χ3v) is 6.29. The van der Waals surface area contributed by atoms with E-state index in [1.165, 1.54) is 18.5 Å². The highest BCUT2D eigenvalue weighted by atomic mass is 16.3. The third kappa shape index (κ3) is 4.57. The zero-order valence-electron chi connectivity index (χ0n) is 19.5. The number of phenolic OH excluding ortho intramolecular Hbond substituents is 1. The van der Waals surface area contributed by atoms with Gasteiger partial charge in [0, 0.05) is 11.1 Å². The molecule has 2 N–H and O–H groups in total. The Morgan fingerprint density at radius 2 is 2.00 bits per heavy atom. The van der Waals surface area contributed by atoms with Crippen LogP contribution in [0.25, 0.3) is 16.5 Å². The maximum Gasteiger partial charge on any atom is 0.227 e. The summed E-state index contributed by atoms with van der Waals surface area (Å²) in [4.78, 5) is 13.1. The molecule has 0 bridgehead atoms. The van der Waals surface area contributed by atoms with E-state index in [1.807, 2.05) is 35.9 Å². The quantitative estimate of drug-likeness (QED) is 0.530. The van der Waals surface area contributed by atoms with E-state index in [0.717, 1.165) is 40.6 Å². The molecular formula is C27H33N3O2. The molecule has 1 heterocycles. The van der Waals surface area contributed by atoms with E-state index in [0.29, 0.717) is 6.54 Å². The second kappa shape index (κ2) is 8.81. The molecule has 1 unspecified atom stereocenters. The number of amides is 1. The molecule has 0 saturated carbocycles. The minimum absolute atomic E-state index is 0.0384. The zero-order valence-corrected chi connectivity index (χ0v) is 19.5. The number of rotatable bonds is 5. The monoisotopic (exact) mass is 431 g/mol. The van der Waals surface area contributed by atoms with Gasteiger partial charge >= 0.3 is 0 Å². The Bertz CT molecular complexity index is 1170. The summed E-state index contributed by atoms with van der Waals surface area (Å²) in [6.45, 7) is 8.83. The Labute approximate surface area is 190 Å². The van der Waals surface area contributed by atoms with Gasteiger partial charge in [0.1, 0.15) is 5.75 Å². The van der Waals surface area contributed by atoms with Gasteiger partial charge in [-0.15, -0.1) is 0 Å². The molecule has 1 aliphatic carbocycles. The normalized spacial score (nSPS) is 15.4. The lowest BCUT2D eigenvalue weighted by atomic mass is 9.92. The van der Waals surface area contributed by atoms with E-state index >= 15 is 0 Å².